The molecule has 2 aliphatic heterocycles. The number of carbonyl (C=O) groups excluding carboxylic acids is 1. The van der Waals surface area contributed by atoms with E-state index < -0.39 is 0 Å². The molecule has 0 N–H and O–H groups in total. The fraction of sp³-hybridized carbons (Fsp3) is 0.929. The summed E-state index contributed by atoms with van der Waals surface area (Å²) in [6.07, 6.45) is 5.30. The van der Waals surface area contributed by atoms with Gasteiger partial charge in [0.1, 0.15) is 5.72 Å². The molecule has 0 aromatic heterocycles. The van der Waals surface area contributed by atoms with Crippen LogP contribution in [0.3, 0.4) is 0 Å². The lowest BCUT2D eigenvalue weighted by Gasteiger charge is -2.65. The molecule has 4 heteroatoms. The lowest BCUT2D eigenvalue weighted by molar-refractivity contribution is -0.298. The van der Waals surface area contributed by atoms with Gasteiger partial charge in [-0.3, -0.25) is 4.79 Å². The van der Waals surface area contributed by atoms with Crippen LogP contribution in [0, 0.1) is 5.41 Å². The average Bonchev–Trinajstić information content (AvgIpc) is 2.34. The number of hydrogen-bond donors (Lipinski definition) is 0. The third kappa shape index (κ3) is 1.48. The molecule has 0 bridgehead atoms. The molecule has 1 spiro atoms. The Balaban J connectivity index is 1.91. The molecular formula is C14H23NO3. The fourth-order valence-corrected chi connectivity index (χ4v) is 3.87. The van der Waals surface area contributed by atoms with Crippen LogP contribution in [-0.2, 0) is 14.3 Å². The van der Waals surface area contributed by atoms with Gasteiger partial charge < -0.3 is 14.4 Å². The second-order valence-corrected chi connectivity index (χ2v) is 6.59. The highest BCUT2D eigenvalue weighted by atomic mass is 16.5. The largest absolute Gasteiger partial charge is 0.369 e. The Hall–Kier alpha value is -0.610. The van der Waals surface area contributed by atoms with Crippen molar-refractivity contribution in [1.82, 2.24) is 4.90 Å². The van der Waals surface area contributed by atoms with Crippen LogP contribution in [0.5, 0.6) is 0 Å². The molecule has 18 heavy (non-hydrogen) atoms. The number of ether oxygens (including phenoxy) is 2. The summed E-state index contributed by atoms with van der Waals surface area (Å²) >= 11 is 0. The Morgan fingerprint density at radius 1 is 1.28 bits per heavy atom. The minimum absolute atomic E-state index is 0.0166. The molecule has 3 aliphatic rings. The average molecular weight is 253 g/mol. The molecule has 1 aliphatic carbocycles. The van der Waals surface area contributed by atoms with E-state index in [1.165, 1.54) is 6.42 Å². The summed E-state index contributed by atoms with van der Waals surface area (Å²) in [5, 5.41) is 0. The van der Waals surface area contributed by atoms with Gasteiger partial charge in [-0.15, -0.1) is 0 Å². The summed E-state index contributed by atoms with van der Waals surface area (Å²) < 4.78 is 11.6. The lowest BCUT2D eigenvalue weighted by Crippen LogP contribution is -2.80. The van der Waals surface area contributed by atoms with Crippen LogP contribution in [0.4, 0.5) is 0 Å². The van der Waals surface area contributed by atoms with Gasteiger partial charge in [0.05, 0.1) is 12.6 Å². The second-order valence-electron chi connectivity index (χ2n) is 6.59. The number of fused-ring (bicyclic) bond motifs is 2. The zero-order chi connectivity index (χ0) is 13.0. The molecule has 0 radical (unpaired) electrons. The molecule has 4 nitrogen and oxygen atoms in total. The van der Waals surface area contributed by atoms with Crippen molar-refractivity contribution in [3.05, 3.63) is 0 Å². The van der Waals surface area contributed by atoms with Crippen LogP contribution in [-0.4, -0.2) is 42.4 Å². The minimum Gasteiger partial charge on any atom is -0.369 e. The zero-order valence-electron chi connectivity index (χ0n) is 11.6. The van der Waals surface area contributed by atoms with E-state index in [1.54, 1.807) is 7.11 Å². The van der Waals surface area contributed by atoms with Gasteiger partial charge in [0.2, 0.25) is 0 Å². The summed E-state index contributed by atoms with van der Waals surface area (Å²) in [6.45, 7) is 5.05. The third-order valence-electron chi connectivity index (χ3n) is 4.89. The van der Waals surface area contributed by atoms with Gasteiger partial charge in [0.25, 0.3) is 5.91 Å². The van der Waals surface area contributed by atoms with Gasteiger partial charge in [0, 0.05) is 12.5 Å². The standard InChI is InChI=1S/C14H23NO3/c1-13(2)9-18-14(7-5-4-6-8-14)15-11(13)10(17-3)12(15)16/h10-11H,4-9H2,1-3H3/t10-,11+/m1/s1. The molecule has 1 amide bonds. The van der Waals surface area contributed by atoms with Crippen molar-refractivity contribution in [3.8, 4) is 0 Å². The van der Waals surface area contributed by atoms with E-state index in [9.17, 15) is 4.79 Å². The van der Waals surface area contributed by atoms with Crippen LogP contribution in [0.2, 0.25) is 0 Å². The molecule has 3 rings (SSSR count). The number of carbonyl (C=O) groups is 1. The molecule has 102 valence electrons. The third-order valence-corrected chi connectivity index (χ3v) is 4.89. The highest BCUT2D eigenvalue weighted by Gasteiger charge is 2.65. The quantitative estimate of drug-likeness (QED) is 0.670. The molecular weight excluding hydrogens is 230 g/mol. The number of nitrogens with zero attached hydrogens (tertiary/aromatic N) is 1. The van der Waals surface area contributed by atoms with Gasteiger partial charge in [-0.05, 0) is 25.7 Å². The summed E-state index contributed by atoms with van der Waals surface area (Å²) in [5.74, 6) is 0.122. The van der Waals surface area contributed by atoms with Crippen molar-refractivity contribution >= 4 is 5.91 Å². The van der Waals surface area contributed by atoms with Crippen LogP contribution in [0.25, 0.3) is 0 Å². The molecule has 1 saturated carbocycles. The first-order valence-electron chi connectivity index (χ1n) is 7.02. The molecule has 2 atom stereocenters. The summed E-state index contributed by atoms with van der Waals surface area (Å²) in [6, 6.07) is 0.182. The molecule has 0 aromatic rings. The van der Waals surface area contributed by atoms with Crippen molar-refractivity contribution in [2.24, 2.45) is 5.41 Å². The van der Waals surface area contributed by atoms with E-state index in [0.29, 0.717) is 0 Å². The topological polar surface area (TPSA) is 38.8 Å². The molecule has 2 heterocycles. The van der Waals surface area contributed by atoms with Gasteiger partial charge in [-0.2, -0.15) is 0 Å². The van der Waals surface area contributed by atoms with Gasteiger partial charge in [0.15, 0.2) is 6.10 Å². The highest BCUT2D eigenvalue weighted by molar-refractivity contribution is 5.89. The molecule has 3 fully saturated rings. The SMILES string of the molecule is CO[C@H]1C(=O)N2[C@@H]1C(C)(C)COC21CCCCC1. The predicted molar refractivity (Wildman–Crippen MR) is 67.0 cm³/mol. The number of β-lactam (4-membered cyclic amide) rings is 1. The maximum atomic E-state index is 12.3. The van der Waals surface area contributed by atoms with Gasteiger partial charge >= 0.3 is 0 Å². The van der Waals surface area contributed by atoms with Crippen LogP contribution in [0.15, 0.2) is 0 Å². The molecule has 2 saturated heterocycles. The van der Waals surface area contributed by atoms with Crippen molar-refractivity contribution in [2.75, 3.05) is 13.7 Å². The maximum absolute atomic E-state index is 12.3. The van der Waals surface area contributed by atoms with Crippen molar-refractivity contribution < 1.29 is 14.3 Å². The number of methoxy groups -OCH3 is 1. The van der Waals surface area contributed by atoms with Crippen LogP contribution < -0.4 is 0 Å². The highest BCUT2D eigenvalue weighted by Crippen LogP contribution is 2.51. The Bertz CT molecular complexity index is 360. The van der Waals surface area contributed by atoms with Crippen molar-refractivity contribution in [2.45, 2.75) is 63.8 Å². The normalized spacial score (nSPS) is 37.3. The Kier molecular flexibility index (Phi) is 2.72. The molecule has 0 unspecified atom stereocenters. The lowest BCUT2D eigenvalue weighted by atomic mass is 9.70. The maximum Gasteiger partial charge on any atom is 0.256 e. The first-order chi connectivity index (χ1) is 8.52. The predicted octanol–water partition coefficient (Wildman–Crippen LogP) is 1.93. The number of amides is 1. The first kappa shape index (κ1) is 12.4. The Morgan fingerprint density at radius 2 is 1.94 bits per heavy atom. The summed E-state index contributed by atoms with van der Waals surface area (Å²) in [5.41, 5.74) is -0.332. The number of hydrogen-bond acceptors (Lipinski definition) is 3. The Labute approximate surface area is 109 Å². The summed E-state index contributed by atoms with van der Waals surface area (Å²) in [7, 11) is 1.64. The van der Waals surface area contributed by atoms with E-state index in [-0.39, 0.29) is 29.2 Å². The van der Waals surface area contributed by atoms with Gasteiger partial charge in [-0.25, -0.2) is 0 Å². The van der Waals surface area contributed by atoms with Gasteiger partial charge in [-0.1, -0.05) is 20.3 Å². The first-order valence-corrected chi connectivity index (χ1v) is 7.02. The van der Waals surface area contributed by atoms with E-state index in [0.717, 1.165) is 32.3 Å². The monoisotopic (exact) mass is 253 g/mol. The fourth-order valence-electron chi connectivity index (χ4n) is 3.87. The minimum atomic E-state index is -0.315. The van der Waals surface area contributed by atoms with Crippen LogP contribution in [0.1, 0.15) is 46.0 Å². The van der Waals surface area contributed by atoms with E-state index >= 15 is 0 Å². The van der Waals surface area contributed by atoms with E-state index in [2.05, 4.69) is 13.8 Å². The Morgan fingerprint density at radius 3 is 2.56 bits per heavy atom. The van der Waals surface area contributed by atoms with E-state index in [4.69, 9.17) is 9.47 Å². The number of rotatable bonds is 1. The molecule has 0 aromatic carbocycles. The van der Waals surface area contributed by atoms with Crippen LogP contribution >= 0.6 is 0 Å². The van der Waals surface area contributed by atoms with Crippen molar-refractivity contribution in [1.29, 1.82) is 0 Å². The second kappa shape index (κ2) is 3.94. The summed E-state index contributed by atoms with van der Waals surface area (Å²) in [4.78, 5) is 14.3. The zero-order valence-corrected chi connectivity index (χ0v) is 11.6. The van der Waals surface area contributed by atoms with Crippen molar-refractivity contribution in [3.63, 3.8) is 0 Å². The smallest absolute Gasteiger partial charge is 0.256 e. The van der Waals surface area contributed by atoms with E-state index in [1.807, 2.05) is 4.90 Å².